The predicted molar refractivity (Wildman–Crippen MR) is 106 cm³/mol. The van der Waals surface area contributed by atoms with Gasteiger partial charge in [-0.2, -0.15) is 0 Å². The number of esters is 1. The molecule has 0 unspecified atom stereocenters. The summed E-state index contributed by atoms with van der Waals surface area (Å²) in [4.78, 5) is 43.3. The maximum Gasteiger partial charge on any atom is 0.337 e. The van der Waals surface area contributed by atoms with E-state index < -0.39 is 5.97 Å². The highest BCUT2D eigenvalue weighted by Crippen LogP contribution is 2.18. The minimum Gasteiger partial charge on any atom is -0.465 e. The summed E-state index contributed by atoms with van der Waals surface area (Å²) in [5, 5.41) is 0. The number of methoxy groups -OCH3 is 1. The predicted octanol–water partition coefficient (Wildman–Crippen LogP) is 2.31. The Kier molecular flexibility index (Phi) is 7.68. The molecule has 1 aromatic carbocycles. The fourth-order valence-corrected chi connectivity index (χ4v) is 2.76. The van der Waals surface area contributed by atoms with Crippen molar-refractivity contribution >= 4 is 23.5 Å². The number of aromatic nitrogens is 1. The van der Waals surface area contributed by atoms with E-state index in [0.717, 1.165) is 12.0 Å². The third-order valence-corrected chi connectivity index (χ3v) is 4.42. The molecule has 0 spiro atoms. The summed E-state index contributed by atoms with van der Waals surface area (Å²) in [6.45, 7) is 2.25. The molecule has 0 fully saturated rings. The summed E-state index contributed by atoms with van der Waals surface area (Å²) in [6, 6.07) is 10.5. The molecule has 148 valence electrons. The molecule has 7 heteroatoms. The van der Waals surface area contributed by atoms with Crippen molar-refractivity contribution in [1.29, 1.82) is 0 Å². The second-order valence-electron chi connectivity index (χ2n) is 6.38. The van der Waals surface area contributed by atoms with Crippen LogP contribution in [0.2, 0.25) is 0 Å². The molecule has 0 aliphatic rings. The number of hydrogen-bond acceptors (Lipinski definition) is 5. The molecular formula is C21H25N3O4. The molecular weight excluding hydrogens is 358 g/mol. The Morgan fingerprint density at radius 3 is 2.43 bits per heavy atom. The van der Waals surface area contributed by atoms with E-state index in [1.807, 2.05) is 12.1 Å². The molecule has 28 heavy (non-hydrogen) atoms. The maximum atomic E-state index is 12.4. The van der Waals surface area contributed by atoms with Gasteiger partial charge in [0.05, 0.1) is 12.7 Å². The number of ether oxygens (including phenoxy) is 1. The Morgan fingerprint density at radius 2 is 1.79 bits per heavy atom. The number of likely N-dealkylation sites (N-methyl/N-ethyl adjacent to an activating group) is 1. The number of carbonyl (C=O) groups excluding carboxylic acids is 3. The van der Waals surface area contributed by atoms with Crippen molar-refractivity contribution in [2.75, 3.05) is 32.1 Å². The number of carbonyl (C=O) groups is 3. The van der Waals surface area contributed by atoms with E-state index in [4.69, 9.17) is 4.74 Å². The van der Waals surface area contributed by atoms with Crippen LogP contribution < -0.4 is 4.90 Å². The standard InChI is InChI=1S/C21H25N3O4/c1-16(25)24(19-6-4-5-18(15-19)21(27)28-3)14-10-20(26)23(2)13-9-17-7-11-22-12-8-17/h4-8,11-12,15H,9-10,13-14H2,1-3H3. The van der Waals surface area contributed by atoms with E-state index in [2.05, 4.69) is 4.98 Å². The number of benzene rings is 1. The van der Waals surface area contributed by atoms with Crippen LogP contribution in [0.3, 0.4) is 0 Å². The molecule has 7 nitrogen and oxygen atoms in total. The van der Waals surface area contributed by atoms with Gasteiger partial charge in [0.1, 0.15) is 0 Å². The van der Waals surface area contributed by atoms with Crippen molar-refractivity contribution in [2.45, 2.75) is 19.8 Å². The molecule has 0 aliphatic heterocycles. The van der Waals surface area contributed by atoms with E-state index >= 15 is 0 Å². The van der Waals surface area contributed by atoms with Crippen LogP contribution in [-0.2, 0) is 20.7 Å². The monoisotopic (exact) mass is 383 g/mol. The van der Waals surface area contributed by atoms with E-state index in [1.165, 1.54) is 18.9 Å². The van der Waals surface area contributed by atoms with Gasteiger partial charge in [0.25, 0.3) is 0 Å². The van der Waals surface area contributed by atoms with E-state index in [-0.39, 0.29) is 24.8 Å². The molecule has 1 heterocycles. The summed E-state index contributed by atoms with van der Waals surface area (Å²) in [6.07, 6.45) is 4.38. The van der Waals surface area contributed by atoms with E-state index in [0.29, 0.717) is 17.8 Å². The third kappa shape index (κ3) is 5.90. The number of anilines is 1. The van der Waals surface area contributed by atoms with Crippen LogP contribution in [0, 0.1) is 0 Å². The van der Waals surface area contributed by atoms with E-state index in [9.17, 15) is 14.4 Å². The van der Waals surface area contributed by atoms with Gasteiger partial charge >= 0.3 is 5.97 Å². The van der Waals surface area contributed by atoms with Gasteiger partial charge in [-0.3, -0.25) is 14.6 Å². The molecule has 2 amide bonds. The van der Waals surface area contributed by atoms with Gasteiger partial charge in [-0.15, -0.1) is 0 Å². The van der Waals surface area contributed by atoms with Crippen LogP contribution in [0.25, 0.3) is 0 Å². The lowest BCUT2D eigenvalue weighted by Crippen LogP contribution is -2.35. The fourth-order valence-electron chi connectivity index (χ4n) is 2.76. The third-order valence-electron chi connectivity index (χ3n) is 4.42. The first kappa shape index (κ1) is 21.1. The lowest BCUT2D eigenvalue weighted by atomic mass is 10.1. The first-order chi connectivity index (χ1) is 13.4. The minimum atomic E-state index is -0.475. The first-order valence-electron chi connectivity index (χ1n) is 9.01. The van der Waals surface area contributed by atoms with Gasteiger partial charge in [-0.25, -0.2) is 4.79 Å². The molecule has 0 radical (unpaired) electrons. The van der Waals surface area contributed by atoms with Gasteiger partial charge in [-0.05, 0) is 42.3 Å². The van der Waals surface area contributed by atoms with Crippen molar-refractivity contribution in [3.05, 3.63) is 59.9 Å². The average Bonchev–Trinajstić information content (AvgIpc) is 2.72. The Bertz CT molecular complexity index is 823. The summed E-state index contributed by atoms with van der Waals surface area (Å²) < 4.78 is 4.72. The zero-order chi connectivity index (χ0) is 20.5. The Labute approximate surface area is 164 Å². The van der Waals surface area contributed by atoms with Crippen LogP contribution in [0.5, 0.6) is 0 Å². The highest BCUT2D eigenvalue weighted by Gasteiger charge is 2.17. The quantitative estimate of drug-likeness (QED) is 0.654. The number of nitrogens with zero attached hydrogens (tertiary/aromatic N) is 3. The van der Waals surface area contributed by atoms with E-state index in [1.54, 1.807) is 48.6 Å². The summed E-state index contributed by atoms with van der Waals surface area (Å²) in [7, 11) is 3.05. The molecule has 0 atom stereocenters. The van der Waals surface area contributed by atoms with Crippen molar-refractivity contribution in [1.82, 2.24) is 9.88 Å². The van der Waals surface area contributed by atoms with Gasteiger partial charge in [-0.1, -0.05) is 6.07 Å². The summed E-state index contributed by atoms with van der Waals surface area (Å²) >= 11 is 0. The van der Waals surface area contributed by atoms with Crippen molar-refractivity contribution in [3.8, 4) is 0 Å². The molecule has 2 aromatic rings. The highest BCUT2D eigenvalue weighted by molar-refractivity contribution is 5.95. The lowest BCUT2D eigenvalue weighted by Gasteiger charge is -2.23. The smallest absolute Gasteiger partial charge is 0.337 e. The van der Waals surface area contributed by atoms with Crippen molar-refractivity contribution in [2.24, 2.45) is 0 Å². The second kappa shape index (κ2) is 10.2. The molecule has 1 aromatic heterocycles. The topological polar surface area (TPSA) is 79.8 Å². The minimum absolute atomic E-state index is 0.0515. The summed E-state index contributed by atoms with van der Waals surface area (Å²) in [5.41, 5.74) is 2.02. The molecule has 0 bridgehead atoms. The fraction of sp³-hybridized carbons (Fsp3) is 0.333. The van der Waals surface area contributed by atoms with Crippen molar-refractivity contribution in [3.63, 3.8) is 0 Å². The van der Waals surface area contributed by atoms with Crippen LogP contribution in [0.4, 0.5) is 5.69 Å². The molecule has 0 aliphatic carbocycles. The van der Waals surface area contributed by atoms with Gasteiger partial charge in [0.15, 0.2) is 0 Å². The number of rotatable bonds is 8. The number of pyridine rings is 1. The first-order valence-corrected chi connectivity index (χ1v) is 9.01. The van der Waals surface area contributed by atoms with Crippen molar-refractivity contribution < 1.29 is 19.1 Å². The number of amides is 2. The normalized spacial score (nSPS) is 10.2. The molecule has 0 N–H and O–H groups in total. The van der Waals surface area contributed by atoms with Crippen LogP contribution >= 0.6 is 0 Å². The number of hydrogen-bond donors (Lipinski definition) is 0. The molecule has 2 rings (SSSR count). The van der Waals surface area contributed by atoms with Crippen LogP contribution in [-0.4, -0.2) is 54.9 Å². The SMILES string of the molecule is COC(=O)c1cccc(N(CCC(=O)N(C)CCc2ccncc2)C(C)=O)c1. The Hall–Kier alpha value is -3.22. The van der Waals surface area contributed by atoms with Crippen LogP contribution in [0.15, 0.2) is 48.8 Å². The van der Waals surface area contributed by atoms with Crippen LogP contribution in [0.1, 0.15) is 29.3 Å². The van der Waals surface area contributed by atoms with Gasteiger partial charge in [0, 0.05) is 51.6 Å². The second-order valence-corrected chi connectivity index (χ2v) is 6.38. The molecule has 0 saturated heterocycles. The Morgan fingerprint density at radius 1 is 1.07 bits per heavy atom. The zero-order valence-corrected chi connectivity index (χ0v) is 16.4. The average molecular weight is 383 g/mol. The summed E-state index contributed by atoms with van der Waals surface area (Å²) in [5.74, 6) is -0.726. The van der Waals surface area contributed by atoms with Gasteiger partial charge < -0.3 is 14.5 Å². The zero-order valence-electron chi connectivity index (χ0n) is 16.4. The maximum absolute atomic E-state index is 12.4. The Balaban J connectivity index is 1.96. The lowest BCUT2D eigenvalue weighted by molar-refractivity contribution is -0.129. The highest BCUT2D eigenvalue weighted by atomic mass is 16.5. The van der Waals surface area contributed by atoms with Gasteiger partial charge in [0.2, 0.25) is 11.8 Å². The molecule has 0 saturated carbocycles. The largest absolute Gasteiger partial charge is 0.465 e.